The highest BCUT2D eigenvalue weighted by molar-refractivity contribution is 6.05. The topological polar surface area (TPSA) is 116 Å². The number of amides is 2. The van der Waals surface area contributed by atoms with Gasteiger partial charge >= 0.3 is 0 Å². The Bertz CT molecular complexity index is 1300. The fourth-order valence-corrected chi connectivity index (χ4v) is 5.81. The van der Waals surface area contributed by atoms with Gasteiger partial charge in [0.2, 0.25) is 5.91 Å². The van der Waals surface area contributed by atoms with Crippen molar-refractivity contribution in [2.24, 2.45) is 5.92 Å². The van der Waals surface area contributed by atoms with Crippen molar-refractivity contribution in [2.75, 3.05) is 39.8 Å². The van der Waals surface area contributed by atoms with Crippen molar-refractivity contribution in [1.82, 2.24) is 35.2 Å². The van der Waals surface area contributed by atoms with Crippen molar-refractivity contribution in [3.63, 3.8) is 0 Å². The molecule has 3 aliphatic rings. The average Bonchev–Trinajstić information content (AvgIpc) is 3.29. The van der Waals surface area contributed by atoms with E-state index in [1.54, 1.807) is 6.20 Å². The smallest absolute Gasteiger partial charge is 0.252 e. The number of carbonyl (C=O) groups excluding carboxylic acids is 2. The minimum absolute atomic E-state index is 0.0949. The van der Waals surface area contributed by atoms with E-state index in [2.05, 4.69) is 20.6 Å². The van der Waals surface area contributed by atoms with Crippen LogP contribution in [0.4, 0.5) is 0 Å². The number of rotatable bonds is 6. The summed E-state index contributed by atoms with van der Waals surface area (Å²) < 4.78 is 1.86. The number of hydrogen-bond donors (Lipinski definition) is 3. The third-order valence-corrected chi connectivity index (χ3v) is 8.03. The molecule has 0 aliphatic carbocycles. The predicted molar refractivity (Wildman–Crippen MR) is 145 cm³/mol. The molecule has 0 bridgehead atoms. The van der Waals surface area contributed by atoms with Gasteiger partial charge in [0.1, 0.15) is 6.23 Å². The van der Waals surface area contributed by atoms with Gasteiger partial charge in [0.25, 0.3) is 5.91 Å². The molecule has 2 aromatic rings. The number of aliphatic hydroxyl groups excluding tert-OH is 1. The van der Waals surface area contributed by atoms with Gasteiger partial charge in [-0.3, -0.25) is 9.59 Å². The summed E-state index contributed by atoms with van der Waals surface area (Å²) in [6, 6.07) is 1.99. The van der Waals surface area contributed by atoms with Gasteiger partial charge in [-0.15, -0.1) is 0 Å². The van der Waals surface area contributed by atoms with Crippen LogP contribution in [0.15, 0.2) is 35.2 Å². The van der Waals surface area contributed by atoms with Crippen molar-refractivity contribution in [3.8, 4) is 0 Å². The van der Waals surface area contributed by atoms with Crippen molar-refractivity contribution in [1.29, 1.82) is 0 Å². The average molecular weight is 522 g/mol. The molecule has 38 heavy (non-hydrogen) atoms. The number of piperidine rings is 1. The number of dihydropyridines is 1. The monoisotopic (exact) mass is 521 g/mol. The zero-order chi connectivity index (χ0) is 27.1. The van der Waals surface area contributed by atoms with Crippen LogP contribution < -0.4 is 10.6 Å². The zero-order valence-corrected chi connectivity index (χ0v) is 23.0. The number of aliphatic hydroxyl groups is 1. The Labute approximate surface area is 223 Å². The van der Waals surface area contributed by atoms with Crippen LogP contribution in [0.1, 0.15) is 68.5 Å². The molecule has 1 atom stereocenters. The van der Waals surface area contributed by atoms with Crippen LogP contribution in [0.25, 0.3) is 11.0 Å². The lowest BCUT2D eigenvalue weighted by Gasteiger charge is -2.40. The minimum atomic E-state index is -0.828. The van der Waals surface area contributed by atoms with Gasteiger partial charge in [-0.25, -0.2) is 9.67 Å². The number of pyridine rings is 1. The highest BCUT2D eigenvalue weighted by atomic mass is 16.3. The first-order valence-corrected chi connectivity index (χ1v) is 13.6. The summed E-state index contributed by atoms with van der Waals surface area (Å²) in [5.41, 5.74) is 4.68. The van der Waals surface area contributed by atoms with Gasteiger partial charge in [-0.05, 0) is 65.3 Å². The maximum atomic E-state index is 13.5. The molecule has 3 aliphatic heterocycles. The van der Waals surface area contributed by atoms with Crippen molar-refractivity contribution in [3.05, 3.63) is 46.4 Å². The molecule has 2 aromatic heterocycles. The van der Waals surface area contributed by atoms with Gasteiger partial charge in [-0.2, -0.15) is 5.10 Å². The second-order valence-electron chi connectivity index (χ2n) is 11.3. The van der Waals surface area contributed by atoms with E-state index in [9.17, 15) is 14.7 Å². The Hall–Kier alpha value is -3.24. The number of aromatic nitrogens is 3. The minimum Gasteiger partial charge on any atom is -0.370 e. The summed E-state index contributed by atoms with van der Waals surface area (Å²) in [6.07, 6.45) is 4.49. The molecule has 5 heterocycles. The highest BCUT2D eigenvalue weighted by Gasteiger charge is 2.35. The molecule has 2 amide bonds. The maximum absolute atomic E-state index is 13.5. The molecule has 0 saturated carbocycles. The number of hydrogen-bond acceptors (Lipinski definition) is 7. The number of fused-ring (bicyclic) bond motifs is 1. The van der Waals surface area contributed by atoms with E-state index >= 15 is 0 Å². The number of carbonyl (C=O) groups is 2. The van der Waals surface area contributed by atoms with Crippen LogP contribution in [0, 0.1) is 5.92 Å². The number of likely N-dealkylation sites (tertiary alicyclic amines) is 2. The van der Waals surface area contributed by atoms with Crippen molar-refractivity contribution < 1.29 is 14.7 Å². The first-order valence-electron chi connectivity index (χ1n) is 13.6. The molecule has 204 valence electrons. The van der Waals surface area contributed by atoms with Crippen LogP contribution in [-0.4, -0.2) is 87.5 Å². The van der Waals surface area contributed by atoms with E-state index in [0.717, 1.165) is 48.5 Å². The summed E-state index contributed by atoms with van der Waals surface area (Å²) >= 11 is 0. The number of allylic oxidation sites excluding steroid dienone is 3. The van der Waals surface area contributed by atoms with Crippen LogP contribution >= 0.6 is 0 Å². The molecule has 10 heteroatoms. The first kappa shape index (κ1) is 26.4. The lowest BCUT2D eigenvalue weighted by molar-refractivity contribution is -0.141. The molecule has 5 rings (SSSR count). The first-order chi connectivity index (χ1) is 18.1. The Kier molecular flexibility index (Phi) is 7.28. The fourth-order valence-electron chi connectivity index (χ4n) is 5.81. The molecule has 0 spiro atoms. The fraction of sp³-hybridized carbons (Fsp3) is 0.571. The van der Waals surface area contributed by atoms with E-state index in [0.29, 0.717) is 29.7 Å². The summed E-state index contributed by atoms with van der Waals surface area (Å²) in [4.78, 5) is 35.5. The molecular weight excluding hydrogens is 482 g/mol. The third kappa shape index (κ3) is 5.07. The lowest BCUT2D eigenvalue weighted by atomic mass is 9.90. The Morgan fingerprint density at radius 3 is 2.55 bits per heavy atom. The van der Waals surface area contributed by atoms with Gasteiger partial charge in [-0.1, -0.05) is 0 Å². The SMILES string of the molecule is CC1=CC(C)=C(CNC(=O)c2cc(C3CCN(C(=O)C4CN(C)C4)CC3)nc3c2cnn3C(C)C)C(O)N1. The maximum Gasteiger partial charge on any atom is 0.252 e. The Morgan fingerprint density at radius 2 is 1.92 bits per heavy atom. The molecule has 1 unspecified atom stereocenters. The second kappa shape index (κ2) is 10.5. The van der Waals surface area contributed by atoms with Gasteiger partial charge < -0.3 is 25.5 Å². The van der Waals surface area contributed by atoms with E-state index in [-0.39, 0.29) is 36.2 Å². The van der Waals surface area contributed by atoms with E-state index in [1.165, 1.54) is 0 Å². The molecule has 0 radical (unpaired) electrons. The molecule has 2 saturated heterocycles. The number of nitrogens with zero attached hydrogens (tertiary/aromatic N) is 5. The molecular formula is C28H39N7O3. The molecule has 10 nitrogen and oxygen atoms in total. The van der Waals surface area contributed by atoms with Crippen LogP contribution in [0.5, 0.6) is 0 Å². The summed E-state index contributed by atoms with van der Waals surface area (Å²) in [6.45, 7) is 11.3. The van der Waals surface area contributed by atoms with Gasteiger partial charge in [0, 0.05) is 61.6 Å². The van der Waals surface area contributed by atoms with Crippen molar-refractivity contribution in [2.45, 2.75) is 58.7 Å². The van der Waals surface area contributed by atoms with E-state index < -0.39 is 6.23 Å². The standard InChI is InChI=1S/C28H39N7O3/c1-16(2)35-25-23(13-30-35)21(26(36)29-12-22-17(3)10-18(4)31-27(22)37)11-24(32-25)19-6-8-34(9-7-19)28(38)20-14-33(5)15-20/h10-11,13,16,19-20,27,31,37H,6-9,12,14-15H2,1-5H3,(H,29,36). The second-order valence-corrected chi connectivity index (χ2v) is 11.3. The summed E-state index contributed by atoms with van der Waals surface area (Å²) in [5, 5.41) is 21.7. The van der Waals surface area contributed by atoms with Gasteiger partial charge in [0.15, 0.2) is 5.65 Å². The van der Waals surface area contributed by atoms with E-state index in [1.807, 2.05) is 56.5 Å². The normalized spacial score (nSPS) is 21.5. The van der Waals surface area contributed by atoms with Crippen LogP contribution in [0.2, 0.25) is 0 Å². The largest absolute Gasteiger partial charge is 0.370 e. The predicted octanol–water partition coefficient (Wildman–Crippen LogP) is 2.15. The quantitative estimate of drug-likeness (QED) is 0.534. The Morgan fingerprint density at radius 1 is 1.21 bits per heavy atom. The highest BCUT2D eigenvalue weighted by Crippen LogP contribution is 2.32. The van der Waals surface area contributed by atoms with Crippen LogP contribution in [0.3, 0.4) is 0 Å². The van der Waals surface area contributed by atoms with Crippen molar-refractivity contribution >= 4 is 22.8 Å². The number of nitrogens with one attached hydrogen (secondary N) is 2. The zero-order valence-electron chi connectivity index (χ0n) is 23.0. The molecule has 0 aromatic carbocycles. The summed E-state index contributed by atoms with van der Waals surface area (Å²) in [7, 11) is 2.04. The van der Waals surface area contributed by atoms with E-state index in [4.69, 9.17) is 4.98 Å². The summed E-state index contributed by atoms with van der Waals surface area (Å²) in [5.74, 6) is 0.328. The van der Waals surface area contributed by atoms with Gasteiger partial charge in [0.05, 0.1) is 23.1 Å². The molecule has 3 N–H and O–H groups in total. The third-order valence-electron chi connectivity index (χ3n) is 8.03. The molecule has 2 fully saturated rings. The lowest BCUT2D eigenvalue weighted by Crippen LogP contribution is -2.53. The van der Waals surface area contributed by atoms with Crippen LogP contribution in [-0.2, 0) is 4.79 Å². The Balaban J connectivity index is 1.37.